The Balaban J connectivity index is 1.98. The Hall–Kier alpha value is -2.65. The molecule has 2 aromatic heterocycles. The lowest BCUT2D eigenvalue weighted by Gasteiger charge is -2.20. The number of imidazole rings is 1. The molecule has 1 unspecified atom stereocenters. The summed E-state index contributed by atoms with van der Waals surface area (Å²) in [5, 5.41) is 3.02. The van der Waals surface area contributed by atoms with Crippen LogP contribution >= 0.6 is 11.6 Å². The number of rotatable bonds is 3. The highest BCUT2D eigenvalue weighted by Gasteiger charge is 2.20. The van der Waals surface area contributed by atoms with Crippen LogP contribution in [0.2, 0.25) is 5.02 Å². The third-order valence-corrected chi connectivity index (χ3v) is 4.19. The van der Waals surface area contributed by atoms with Crippen LogP contribution in [0.25, 0.3) is 10.8 Å². The van der Waals surface area contributed by atoms with Crippen LogP contribution in [0.15, 0.2) is 79.5 Å². The van der Waals surface area contributed by atoms with Crippen molar-refractivity contribution in [3.63, 3.8) is 0 Å². The minimum Gasteiger partial charge on any atom is -0.324 e. The number of nitrogens with zero attached hydrogens (tertiary/aromatic N) is 3. The molecule has 0 amide bonds. The highest BCUT2D eigenvalue weighted by atomic mass is 35.5. The Morgan fingerprint density at radius 3 is 2.70 bits per heavy atom. The fourth-order valence-corrected chi connectivity index (χ4v) is 3.13. The van der Waals surface area contributed by atoms with Gasteiger partial charge in [0.25, 0.3) is 0 Å². The molecule has 2 heterocycles. The van der Waals surface area contributed by atoms with Gasteiger partial charge in [-0.3, -0.25) is 4.98 Å². The van der Waals surface area contributed by atoms with Crippen molar-refractivity contribution in [1.82, 2.24) is 14.5 Å². The van der Waals surface area contributed by atoms with E-state index < -0.39 is 0 Å². The van der Waals surface area contributed by atoms with Crippen LogP contribution in [0.1, 0.15) is 17.3 Å². The van der Waals surface area contributed by atoms with E-state index in [1.807, 2.05) is 55.1 Å². The minimum atomic E-state index is -0.0673. The molecule has 0 aliphatic heterocycles. The number of halogens is 1. The minimum absolute atomic E-state index is 0.0673. The lowest BCUT2D eigenvalue weighted by molar-refractivity contribution is 0.663. The van der Waals surface area contributed by atoms with E-state index in [4.69, 9.17) is 11.6 Å². The zero-order valence-electron chi connectivity index (χ0n) is 12.3. The molecular weight excluding hydrogens is 306 g/mol. The summed E-state index contributed by atoms with van der Waals surface area (Å²) in [4.78, 5) is 8.88. The molecule has 4 rings (SSSR count). The van der Waals surface area contributed by atoms with Crippen LogP contribution < -0.4 is 0 Å². The van der Waals surface area contributed by atoms with Gasteiger partial charge in [-0.15, -0.1) is 0 Å². The molecule has 1 atom stereocenters. The number of hydrogen-bond donors (Lipinski definition) is 0. The van der Waals surface area contributed by atoms with Crippen molar-refractivity contribution in [3.8, 4) is 0 Å². The summed E-state index contributed by atoms with van der Waals surface area (Å²) in [6.45, 7) is 0. The van der Waals surface area contributed by atoms with E-state index in [2.05, 4.69) is 32.7 Å². The van der Waals surface area contributed by atoms with Gasteiger partial charge < -0.3 is 4.57 Å². The van der Waals surface area contributed by atoms with Gasteiger partial charge in [0.2, 0.25) is 0 Å². The lowest BCUT2D eigenvalue weighted by atomic mass is 9.98. The largest absolute Gasteiger partial charge is 0.324 e. The molecule has 0 radical (unpaired) electrons. The molecule has 4 aromatic rings. The van der Waals surface area contributed by atoms with Crippen LogP contribution in [0.5, 0.6) is 0 Å². The van der Waals surface area contributed by atoms with Gasteiger partial charge in [0, 0.05) is 29.0 Å². The SMILES string of the molecule is Clc1cccc(C(c2nccc3ccccc23)n2ccnc2)c1. The van der Waals surface area contributed by atoms with Crippen LogP contribution in [0.3, 0.4) is 0 Å². The van der Waals surface area contributed by atoms with Crippen molar-refractivity contribution < 1.29 is 0 Å². The Morgan fingerprint density at radius 2 is 1.87 bits per heavy atom. The Morgan fingerprint density at radius 1 is 0.957 bits per heavy atom. The number of benzene rings is 2. The monoisotopic (exact) mass is 319 g/mol. The molecule has 3 nitrogen and oxygen atoms in total. The van der Waals surface area contributed by atoms with Crippen molar-refractivity contribution in [2.45, 2.75) is 6.04 Å². The molecule has 4 heteroatoms. The van der Waals surface area contributed by atoms with Gasteiger partial charge in [0.15, 0.2) is 0 Å². The Bertz CT molecular complexity index is 942. The molecule has 0 aliphatic rings. The van der Waals surface area contributed by atoms with Gasteiger partial charge in [0.05, 0.1) is 12.0 Å². The van der Waals surface area contributed by atoms with Crippen LogP contribution in [0.4, 0.5) is 0 Å². The molecule has 0 N–H and O–H groups in total. The second-order valence-corrected chi connectivity index (χ2v) is 5.82. The first-order valence-corrected chi connectivity index (χ1v) is 7.77. The topological polar surface area (TPSA) is 30.7 Å². The zero-order chi connectivity index (χ0) is 15.6. The first kappa shape index (κ1) is 14.0. The zero-order valence-corrected chi connectivity index (χ0v) is 13.1. The van der Waals surface area contributed by atoms with Crippen LogP contribution in [-0.4, -0.2) is 14.5 Å². The van der Waals surface area contributed by atoms with Gasteiger partial charge >= 0.3 is 0 Å². The summed E-state index contributed by atoms with van der Waals surface area (Å²) in [7, 11) is 0. The molecule has 0 spiro atoms. The maximum atomic E-state index is 6.21. The molecule has 0 bridgehead atoms. The summed E-state index contributed by atoms with van der Waals surface area (Å²) >= 11 is 6.21. The fourth-order valence-electron chi connectivity index (χ4n) is 2.93. The quantitative estimate of drug-likeness (QED) is 0.547. The molecule has 0 fully saturated rings. The molecule has 112 valence electrons. The molecular formula is C19H14ClN3. The highest BCUT2D eigenvalue weighted by molar-refractivity contribution is 6.30. The number of pyridine rings is 1. The first-order valence-electron chi connectivity index (χ1n) is 7.39. The Labute approximate surface area is 139 Å². The van der Waals surface area contributed by atoms with E-state index in [9.17, 15) is 0 Å². The second kappa shape index (κ2) is 5.86. The molecule has 0 saturated carbocycles. The number of fused-ring (bicyclic) bond motifs is 1. The summed E-state index contributed by atoms with van der Waals surface area (Å²) in [6.07, 6.45) is 7.40. The lowest BCUT2D eigenvalue weighted by Crippen LogP contribution is -2.12. The summed E-state index contributed by atoms with van der Waals surface area (Å²) in [6, 6.07) is 18.1. The van der Waals surface area contributed by atoms with Gasteiger partial charge in [-0.2, -0.15) is 0 Å². The first-order chi connectivity index (χ1) is 11.3. The summed E-state index contributed by atoms with van der Waals surface area (Å²) < 4.78 is 2.06. The third kappa shape index (κ3) is 2.60. The standard InChI is InChI=1S/C19H14ClN3/c20-16-6-3-5-15(12-16)19(23-11-10-21-13-23)18-17-7-2-1-4-14(17)8-9-22-18/h1-13,19H. The van der Waals surface area contributed by atoms with Crippen molar-refractivity contribution in [3.05, 3.63) is 95.8 Å². The van der Waals surface area contributed by atoms with Gasteiger partial charge in [0.1, 0.15) is 6.04 Å². The predicted molar refractivity (Wildman–Crippen MR) is 92.7 cm³/mol. The Kier molecular flexibility index (Phi) is 3.56. The van der Waals surface area contributed by atoms with Crippen molar-refractivity contribution in [2.24, 2.45) is 0 Å². The molecule has 0 aliphatic carbocycles. The van der Waals surface area contributed by atoms with Crippen molar-refractivity contribution in [1.29, 1.82) is 0 Å². The summed E-state index contributed by atoms with van der Waals surface area (Å²) in [5.74, 6) is 0. The van der Waals surface area contributed by atoms with E-state index >= 15 is 0 Å². The summed E-state index contributed by atoms with van der Waals surface area (Å²) in [5.41, 5.74) is 2.07. The van der Waals surface area contributed by atoms with Gasteiger partial charge in [-0.1, -0.05) is 48.0 Å². The molecule has 0 saturated heterocycles. The van der Waals surface area contributed by atoms with Crippen molar-refractivity contribution in [2.75, 3.05) is 0 Å². The maximum absolute atomic E-state index is 6.21. The number of hydrogen-bond acceptors (Lipinski definition) is 2. The van der Waals surface area contributed by atoms with Gasteiger partial charge in [-0.25, -0.2) is 4.98 Å². The average Bonchev–Trinajstić information content (AvgIpc) is 3.10. The van der Waals surface area contributed by atoms with Crippen LogP contribution in [0, 0.1) is 0 Å². The van der Waals surface area contributed by atoms with E-state index in [0.29, 0.717) is 5.02 Å². The normalized spacial score (nSPS) is 12.4. The van der Waals surface area contributed by atoms with E-state index in [0.717, 1.165) is 16.6 Å². The molecule has 2 aromatic carbocycles. The van der Waals surface area contributed by atoms with Crippen LogP contribution in [-0.2, 0) is 0 Å². The highest BCUT2D eigenvalue weighted by Crippen LogP contribution is 2.31. The molecule has 23 heavy (non-hydrogen) atoms. The number of aromatic nitrogens is 3. The van der Waals surface area contributed by atoms with E-state index in [1.165, 1.54) is 5.39 Å². The average molecular weight is 320 g/mol. The van der Waals surface area contributed by atoms with Crippen molar-refractivity contribution >= 4 is 22.4 Å². The second-order valence-electron chi connectivity index (χ2n) is 5.38. The third-order valence-electron chi connectivity index (χ3n) is 3.95. The van der Waals surface area contributed by atoms with Gasteiger partial charge in [-0.05, 0) is 29.1 Å². The maximum Gasteiger partial charge on any atom is 0.102 e. The fraction of sp³-hybridized carbons (Fsp3) is 0.0526. The smallest absolute Gasteiger partial charge is 0.102 e. The predicted octanol–water partition coefficient (Wildman–Crippen LogP) is 4.72. The van der Waals surface area contributed by atoms with E-state index in [1.54, 1.807) is 6.20 Å². The van der Waals surface area contributed by atoms with E-state index in [-0.39, 0.29) is 6.04 Å².